The molecule has 29 heavy (non-hydrogen) atoms. The number of nitrogens with zero attached hydrogens (tertiary/aromatic N) is 3. The number of halogens is 2. The number of likely N-dealkylation sites (tertiary alicyclic amines) is 2. The summed E-state index contributed by atoms with van der Waals surface area (Å²) in [4.78, 5) is 20.4. The summed E-state index contributed by atoms with van der Waals surface area (Å²) in [6.07, 6.45) is 2.42. The van der Waals surface area contributed by atoms with E-state index in [-0.39, 0.29) is 11.5 Å². The summed E-state index contributed by atoms with van der Waals surface area (Å²) in [6.45, 7) is 7.34. The third-order valence-corrected chi connectivity index (χ3v) is 6.40. The molecule has 0 bridgehead atoms. The van der Waals surface area contributed by atoms with Crippen molar-refractivity contribution >= 4 is 23.2 Å². The van der Waals surface area contributed by atoms with Crippen LogP contribution in [0.2, 0.25) is 5.02 Å². The number of aromatic nitrogens is 1. The van der Waals surface area contributed by atoms with Gasteiger partial charge in [0, 0.05) is 49.6 Å². The van der Waals surface area contributed by atoms with Gasteiger partial charge in [0.25, 0.3) is 5.91 Å². The number of benzene rings is 1. The molecular weight excluding hydrogens is 391 g/mol. The predicted octanol–water partition coefficient (Wildman–Crippen LogP) is 3.69. The van der Waals surface area contributed by atoms with E-state index in [2.05, 4.69) is 21.3 Å². The van der Waals surface area contributed by atoms with E-state index in [4.69, 9.17) is 11.6 Å². The van der Waals surface area contributed by atoms with Gasteiger partial charge in [0.05, 0.1) is 5.56 Å². The van der Waals surface area contributed by atoms with E-state index in [0.29, 0.717) is 24.9 Å². The normalized spacial score (nSPS) is 21.4. The van der Waals surface area contributed by atoms with Crippen LogP contribution in [0.25, 0.3) is 0 Å². The Morgan fingerprint density at radius 3 is 2.69 bits per heavy atom. The SMILES string of the molecule is Cc1ccc(NCCCN2CC3CN(C(=O)c4cccnc4F)CC3C2)cc1Cl. The van der Waals surface area contributed by atoms with Gasteiger partial charge in [-0.15, -0.1) is 0 Å². The molecule has 154 valence electrons. The molecule has 2 fully saturated rings. The zero-order valence-electron chi connectivity index (χ0n) is 16.6. The Morgan fingerprint density at radius 1 is 1.24 bits per heavy atom. The standard InChI is InChI=1S/C22H26ClFN4O/c1-15-5-6-18(10-20(15)23)25-8-3-9-27-11-16-13-28(14-17(16)12-27)22(29)19-4-2-7-26-21(19)24/h2,4-7,10,16-17,25H,3,8-9,11-14H2,1H3. The van der Waals surface area contributed by atoms with Gasteiger partial charge in [-0.2, -0.15) is 4.39 Å². The number of rotatable bonds is 6. The van der Waals surface area contributed by atoms with Crippen molar-refractivity contribution in [2.45, 2.75) is 13.3 Å². The summed E-state index contributed by atoms with van der Waals surface area (Å²) >= 11 is 6.17. The van der Waals surface area contributed by atoms with Crippen LogP contribution in [0.3, 0.4) is 0 Å². The van der Waals surface area contributed by atoms with Crippen molar-refractivity contribution in [2.24, 2.45) is 11.8 Å². The summed E-state index contributed by atoms with van der Waals surface area (Å²) in [5.41, 5.74) is 2.21. The molecule has 3 heterocycles. The molecule has 2 aliphatic heterocycles. The average Bonchev–Trinajstić information content (AvgIpc) is 3.26. The Balaban J connectivity index is 1.21. The molecule has 0 spiro atoms. The number of amides is 1. The number of aryl methyl sites for hydroxylation is 1. The van der Waals surface area contributed by atoms with Gasteiger partial charge in [0.1, 0.15) is 0 Å². The van der Waals surface area contributed by atoms with E-state index in [0.717, 1.165) is 48.9 Å². The number of carbonyl (C=O) groups is 1. The number of hydrogen-bond donors (Lipinski definition) is 1. The minimum atomic E-state index is -0.682. The molecule has 5 nitrogen and oxygen atoms in total. The molecule has 0 radical (unpaired) electrons. The second kappa shape index (κ2) is 8.67. The fraction of sp³-hybridized carbons (Fsp3) is 0.455. The van der Waals surface area contributed by atoms with Crippen molar-refractivity contribution in [3.8, 4) is 0 Å². The summed E-state index contributed by atoms with van der Waals surface area (Å²) in [5.74, 6) is 0.0288. The zero-order valence-corrected chi connectivity index (χ0v) is 17.3. The molecule has 1 amide bonds. The van der Waals surface area contributed by atoms with Crippen LogP contribution in [-0.2, 0) is 0 Å². The van der Waals surface area contributed by atoms with Gasteiger partial charge >= 0.3 is 0 Å². The Kier molecular flexibility index (Phi) is 6.01. The lowest BCUT2D eigenvalue weighted by Crippen LogP contribution is -2.34. The lowest BCUT2D eigenvalue weighted by Gasteiger charge is -2.22. The topological polar surface area (TPSA) is 48.5 Å². The minimum absolute atomic E-state index is 0.0756. The smallest absolute Gasteiger partial charge is 0.258 e. The van der Waals surface area contributed by atoms with E-state index in [9.17, 15) is 9.18 Å². The maximum atomic E-state index is 13.8. The zero-order chi connectivity index (χ0) is 20.4. The van der Waals surface area contributed by atoms with Crippen molar-refractivity contribution in [1.29, 1.82) is 0 Å². The monoisotopic (exact) mass is 416 g/mol. The first kappa shape index (κ1) is 20.1. The number of pyridine rings is 1. The highest BCUT2D eigenvalue weighted by atomic mass is 35.5. The third kappa shape index (κ3) is 4.54. The molecule has 4 rings (SSSR count). The first-order chi connectivity index (χ1) is 14.0. The van der Waals surface area contributed by atoms with E-state index < -0.39 is 5.95 Å². The number of anilines is 1. The molecule has 2 saturated heterocycles. The molecule has 1 N–H and O–H groups in total. The molecule has 2 atom stereocenters. The average molecular weight is 417 g/mol. The first-order valence-corrected chi connectivity index (χ1v) is 10.5. The summed E-state index contributed by atoms with van der Waals surface area (Å²) in [7, 11) is 0. The maximum absolute atomic E-state index is 13.8. The van der Waals surface area contributed by atoms with Crippen LogP contribution in [0.1, 0.15) is 22.3 Å². The van der Waals surface area contributed by atoms with Crippen molar-refractivity contribution < 1.29 is 9.18 Å². The molecule has 7 heteroatoms. The van der Waals surface area contributed by atoms with E-state index in [1.54, 1.807) is 11.0 Å². The minimum Gasteiger partial charge on any atom is -0.385 e. The van der Waals surface area contributed by atoms with Gasteiger partial charge in [-0.3, -0.25) is 4.79 Å². The van der Waals surface area contributed by atoms with Crippen molar-refractivity contribution in [1.82, 2.24) is 14.8 Å². The fourth-order valence-corrected chi connectivity index (χ4v) is 4.57. The van der Waals surface area contributed by atoms with E-state index >= 15 is 0 Å². The van der Waals surface area contributed by atoms with Crippen LogP contribution in [0.15, 0.2) is 36.5 Å². The second-order valence-electron chi connectivity index (χ2n) is 8.08. The van der Waals surface area contributed by atoms with Crippen molar-refractivity contribution in [3.05, 3.63) is 58.6 Å². The van der Waals surface area contributed by atoms with Crippen LogP contribution in [-0.4, -0.2) is 60.0 Å². The second-order valence-corrected chi connectivity index (χ2v) is 8.48. The Hall–Kier alpha value is -2.18. The van der Waals surface area contributed by atoms with Crippen LogP contribution in [0, 0.1) is 24.7 Å². The van der Waals surface area contributed by atoms with Gasteiger partial charge in [0.2, 0.25) is 5.95 Å². The summed E-state index contributed by atoms with van der Waals surface area (Å²) in [6, 6.07) is 9.16. The predicted molar refractivity (Wildman–Crippen MR) is 113 cm³/mol. The van der Waals surface area contributed by atoms with Gasteiger partial charge < -0.3 is 15.1 Å². The molecular formula is C22H26ClFN4O. The molecule has 1 aromatic heterocycles. The largest absolute Gasteiger partial charge is 0.385 e. The van der Waals surface area contributed by atoms with Crippen molar-refractivity contribution in [3.63, 3.8) is 0 Å². The highest BCUT2D eigenvalue weighted by molar-refractivity contribution is 6.31. The van der Waals surface area contributed by atoms with E-state index in [1.165, 1.54) is 12.3 Å². The number of hydrogen-bond acceptors (Lipinski definition) is 4. The highest BCUT2D eigenvalue weighted by Crippen LogP contribution is 2.32. The third-order valence-electron chi connectivity index (χ3n) is 5.99. The molecule has 0 aliphatic carbocycles. The fourth-order valence-electron chi connectivity index (χ4n) is 4.39. The quantitative estimate of drug-likeness (QED) is 0.576. The van der Waals surface area contributed by atoms with Crippen LogP contribution in [0.4, 0.5) is 10.1 Å². The molecule has 0 saturated carbocycles. The van der Waals surface area contributed by atoms with Gasteiger partial charge in [-0.1, -0.05) is 17.7 Å². The van der Waals surface area contributed by atoms with Gasteiger partial charge in [-0.05, 0) is 61.6 Å². The number of nitrogens with one attached hydrogen (secondary N) is 1. The van der Waals surface area contributed by atoms with E-state index in [1.807, 2.05) is 19.1 Å². The van der Waals surface area contributed by atoms with Crippen LogP contribution in [0.5, 0.6) is 0 Å². The highest BCUT2D eigenvalue weighted by Gasteiger charge is 2.41. The molecule has 2 aliphatic rings. The van der Waals surface area contributed by atoms with Crippen molar-refractivity contribution in [2.75, 3.05) is 44.6 Å². The van der Waals surface area contributed by atoms with Crippen LogP contribution < -0.4 is 5.32 Å². The number of fused-ring (bicyclic) bond motifs is 1. The lowest BCUT2D eigenvalue weighted by molar-refractivity contribution is 0.0768. The van der Waals surface area contributed by atoms with Gasteiger partial charge in [-0.25, -0.2) is 4.98 Å². The van der Waals surface area contributed by atoms with Crippen LogP contribution >= 0.6 is 11.6 Å². The Bertz CT molecular complexity index is 879. The van der Waals surface area contributed by atoms with Gasteiger partial charge in [0.15, 0.2) is 0 Å². The summed E-state index contributed by atoms with van der Waals surface area (Å²) < 4.78 is 13.8. The number of carbonyl (C=O) groups excluding carboxylic acids is 1. The lowest BCUT2D eigenvalue weighted by atomic mass is 10.0. The first-order valence-electron chi connectivity index (χ1n) is 10.1. The summed E-state index contributed by atoms with van der Waals surface area (Å²) in [5, 5.41) is 4.21. The maximum Gasteiger partial charge on any atom is 0.258 e. The molecule has 2 unspecified atom stereocenters. The Morgan fingerprint density at radius 2 is 2.00 bits per heavy atom. The molecule has 1 aromatic carbocycles. The Labute approximate surface area is 175 Å². The molecule has 2 aromatic rings.